The molecule has 0 aliphatic heterocycles. The zero-order chi connectivity index (χ0) is 18.0. The molecule has 0 radical (unpaired) electrons. The van der Waals surface area contributed by atoms with Crippen LogP contribution in [0, 0.1) is 5.82 Å². The van der Waals surface area contributed by atoms with E-state index in [-0.39, 0.29) is 5.56 Å². The van der Waals surface area contributed by atoms with Gasteiger partial charge in [-0.1, -0.05) is 32.0 Å². The molecule has 5 heteroatoms. The summed E-state index contributed by atoms with van der Waals surface area (Å²) in [7, 11) is 0. The Bertz CT molecular complexity index is 937. The van der Waals surface area contributed by atoms with Gasteiger partial charge in [-0.05, 0) is 42.2 Å². The summed E-state index contributed by atoms with van der Waals surface area (Å²) in [5, 5.41) is 3.30. The minimum absolute atomic E-state index is 0.236. The van der Waals surface area contributed by atoms with E-state index in [1.807, 2.05) is 32.0 Å². The van der Waals surface area contributed by atoms with E-state index < -0.39 is 17.5 Å². The van der Waals surface area contributed by atoms with Crippen LogP contribution >= 0.6 is 0 Å². The first kappa shape index (κ1) is 16.9. The highest BCUT2D eigenvalue weighted by atomic mass is 19.1. The average molecular weight is 338 g/mol. The third-order valence-electron chi connectivity index (χ3n) is 4.33. The number of Topliss-reactive ketones (excluding diaryl/α,β-unsaturated/α-hetero) is 1. The highest BCUT2D eigenvalue weighted by molar-refractivity contribution is 6.48. The molecule has 0 aliphatic carbocycles. The van der Waals surface area contributed by atoms with Gasteiger partial charge in [-0.25, -0.2) is 4.39 Å². The highest BCUT2D eigenvalue weighted by Crippen LogP contribution is 2.24. The number of halogens is 1. The number of carbonyl (C=O) groups excluding carboxylic acids is 2. The van der Waals surface area contributed by atoms with Gasteiger partial charge in [0, 0.05) is 22.8 Å². The van der Waals surface area contributed by atoms with Crippen molar-refractivity contribution in [3.8, 4) is 0 Å². The normalized spacial score (nSPS) is 10.8. The predicted octanol–water partition coefficient (Wildman–Crippen LogP) is 4.25. The summed E-state index contributed by atoms with van der Waals surface area (Å²) in [6.07, 6.45) is 2.95. The highest BCUT2D eigenvalue weighted by Gasteiger charge is 2.21. The molecule has 1 amide bonds. The quantitative estimate of drug-likeness (QED) is 0.539. The Morgan fingerprint density at radius 3 is 2.40 bits per heavy atom. The number of benzene rings is 2. The number of carbonyl (C=O) groups is 2. The van der Waals surface area contributed by atoms with Gasteiger partial charge in [0.25, 0.3) is 11.7 Å². The summed E-state index contributed by atoms with van der Waals surface area (Å²) >= 11 is 0. The van der Waals surface area contributed by atoms with E-state index in [4.69, 9.17) is 0 Å². The SMILES string of the molecule is CCc1cccc(CC)c1NC(=O)C(=O)c1c[nH]c2cc(F)ccc12. The molecule has 3 rings (SSSR count). The number of hydrogen-bond acceptors (Lipinski definition) is 2. The molecule has 1 aromatic heterocycles. The molecule has 2 aromatic carbocycles. The summed E-state index contributed by atoms with van der Waals surface area (Å²) in [6.45, 7) is 4.00. The van der Waals surface area contributed by atoms with E-state index in [9.17, 15) is 14.0 Å². The molecule has 0 bridgehead atoms. The monoisotopic (exact) mass is 338 g/mol. The van der Waals surface area contributed by atoms with E-state index in [0.717, 1.165) is 24.0 Å². The third-order valence-corrected chi connectivity index (χ3v) is 4.33. The zero-order valence-corrected chi connectivity index (χ0v) is 14.2. The number of ketones is 1. The van der Waals surface area contributed by atoms with Crippen LogP contribution in [-0.4, -0.2) is 16.7 Å². The predicted molar refractivity (Wildman–Crippen MR) is 96.4 cm³/mol. The Morgan fingerprint density at radius 1 is 1.08 bits per heavy atom. The second-order valence-corrected chi connectivity index (χ2v) is 5.83. The fourth-order valence-electron chi connectivity index (χ4n) is 2.98. The maximum atomic E-state index is 13.3. The van der Waals surface area contributed by atoms with Crippen molar-refractivity contribution in [3.05, 3.63) is 65.1 Å². The molecule has 0 fully saturated rings. The van der Waals surface area contributed by atoms with E-state index >= 15 is 0 Å². The fraction of sp³-hybridized carbons (Fsp3) is 0.200. The lowest BCUT2D eigenvalue weighted by Gasteiger charge is -2.13. The molecular formula is C20H19FN2O2. The van der Waals surface area contributed by atoms with E-state index in [1.165, 1.54) is 24.4 Å². The molecule has 0 unspecified atom stereocenters. The molecule has 0 aliphatic rings. The minimum Gasteiger partial charge on any atom is -0.360 e. The van der Waals surface area contributed by atoms with Crippen molar-refractivity contribution < 1.29 is 14.0 Å². The summed E-state index contributed by atoms with van der Waals surface area (Å²) in [6, 6.07) is 9.89. The first-order chi connectivity index (χ1) is 12.0. The number of para-hydroxylation sites is 1. The Labute approximate surface area is 145 Å². The van der Waals surface area contributed by atoms with Crippen molar-refractivity contribution in [2.75, 3.05) is 5.32 Å². The molecule has 1 heterocycles. The Balaban J connectivity index is 1.92. The molecule has 25 heavy (non-hydrogen) atoms. The van der Waals surface area contributed by atoms with Gasteiger partial charge in [-0.3, -0.25) is 9.59 Å². The van der Waals surface area contributed by atoms with E-state index in [2.05, 4.69) is 10.3 Å². The molecule has 0 atom stereocenters. The lowest BCUT2D eigenvalue weighted by atomic mass is 10.0. The standard InChI is InChI=1S/C20H19FN2O2/c1-3-12-6-5-7-13(4-2)18(12)23-20(25)19(24)16-11-22-17-10-14(21)8-9-15(16)17/h5-11,22H,3-4H2,1-2H3,(H,23,25). The van der Waals surface area contributed by atoms with Crippen LogP contribution in [0.5, 0.6) is 0 Å². The third kappa shape index (κ3) is 3.18. The number of rotatable bonds is 5. The van der Waals surface area contributed by atoms with Crippen molar-refractivity contribution in [1.82, 2.24) is 4.98 Å². The van der Waals surface area contributed by atoms with Gasteiger partial charge in [0.1, 0.15) is 5.82 Å². The van der Waals surface area contributed by atoms with Crippen LogP contribution in [0.3, 0.4) is 0 Å². The molecule has 4 nitrogen and oxygen atoms in total. The lowest BCUT2D eigenvalue weighted by molar-refractivity contribution is -0.112. The van der Waals surface area contributed by atoms with E-state index in [0.29, 0.717) is 16.6 Å². The van der Waals surface area contributed by atoms with Crippen molar-refractivity contribution >= 4 is 28.3 Å². The number of H-pyrrole nitrogens is 1. The number of aryl methyl sites for hydroxylation is 2. The van der Waals surface area contributed by atoms with Crippen LogP contribution < -0.4 is 5.32 Å². The summed E-state index contributed by atoms with van der Waals surface area (Å²) in [5.41, 5.74) is 3.40. The van der Waals surface area contributed by atoms with Crippen LogP contribution in [0.15, 0.2) is 42.6 Å². The molecule has 0 saturated heterocycles. The number of amides is 1. The van der Waals surface area contributed by atoms with Gasteiger partial charge in [-0.2, -0.15) is 0 Å². The molecule has 0 saturated carbocycles. The molecule has 0 spiro atoms. The van der Waals surface area contributed by atoms with Crippen molar-refractivity contribution in [3.63, 3.8) is 0 Å². The average Bonchev–Trinajstić information content (AvgIpc) is 3.03. The maximum absolute atomic E-state index is 13.3. The van der Waals surface area contributed by atoms with Crippen LogP contribution in [-0.2, 0) is 17.6 Å². The van der Waals surface area contributed by atoms with Crippen LogP contribution in [0.2, 0.25) is 0 Å². The molecular weight excluding hydrogens is 319 g/mol. The maximum Gasteiger partial charge on any atom is 0.296 e. The Hall–Kier alpha value is -2.95. The van der Waals surface area contributed by atoms with Gasteiger partial charge in [0.05, 0.1) is 5.56 Å². The van der Waals surface area contributed by atoms with Crippen LogP contribution in [0.1, 0.15) is 35.3 Å². The number of hydrogen-bond donors (Lipinski definition) is 2. The van der Waals surface area contributed by atoms with Gasteiger partial charge in [0.2, 0.25) is 0 Å². The number of aromatic amines is 1. The topological polar surface area (TPSA) is 62.0 Å². The van der Waals surface area contributed by atoms with Gasteiger partial charge < -0.3 is 10.3 Å². The fourth-order valence-corrected chi connectivity index (χ4v) is 2.98. The van der Waals surface area contributed by atoms with Crippen molar-refractivity contribution in [1.29, 1.82) is 0 Å². The zero-order valence-electron chi connectivity index (χ0n) is 14.2. The minimum atomic E-state index is -0.694. The molecule has 2 N–H and O–H groups in total. The number of fused-ring (bicyclic) bond motifs is 1. The smallest absolute Gasteiger partial charge is 0.296 e. The van der Waals surface area contributed by atoms with Gasteiger partial charge in [0.15, 0.2) is 0 Å². The molecule has 128 valence electrons. The van der Waals surface area contributed by atoms with Gasteiger partial charge in [-0.15, -0.1) is 0 Å². The number of nitrogens with one attached hydrogen (secondary N) is 2. The second-order valence-electron chi connectivity index (χ2n) is 5.83. The van der Waals surface area contributed by atoms with E-state index in [1.54, 1.807) is 0 Å². The largest absolute Gasteiger partial charge is 0.360 e. The second kappa shape index (κ2) is 6.89. The Kier molecular flexibility index (Phi) is 4.65. The lowest BCUT2D eigenvalue weighted by Crippen LogP contribution is -2.24. The summed E-state index contributed by atoms with van der Waals surface area (Å²) < 4.78 is 13.3. The van der Waals surface area contributed by atoms with Gasteiger partial charge >= 0.3 is 0 Å². The van der Waals surface area contributed by atoms with Crippen molar-refractivity contribution in [2.24, 2.45) is 0 Å². The van der Waals surface area contributed by atoms with Crippen LogP contribution in [0.25, 0.3) is 10.9 Å². The first-order valence-corrected chi connectivity index (χ1v) is 8.28. The summed E-state index contributed by atoms with van der Waals surface area (Å²) in [4.78, 5) is 27.9. The molecule has 3 aromatic rings. The van der Waals surface area contributed by atoms with Crippen molar-refractivity contribution in [2.45, 2.75) is 26.7 Å². The van der Waals surface area contributed by atoms with Crippen LogP contribution in [0.4, 0.5) is 10.1 Å². The first-order valence-electron chi connectivity index (χ1n) is 8.28. The number of aromatic nitrogens is 1. The summed E-state index contributed by atoms with van der Waals surface area (Å²) in [5.74, 6) is -1.74. The Morgan fingerprint density at radius 2 is 1.76 bits per heavy atom. The number of anilines is 1.